The van der Waals surface area contributed by atoms with Crippen molar-refractivity contribution in [1.82, 2.24) is 4.90 Å². The van der Waals surface area contributed by atoms with E-state index in [0.717, 1.165) is 18.8 Å². The van der Waals surface area contributed by atoms with Crippen LogP contribution in [0.15, 0.2) is 24.3 Å². The summed E-state index contributed by atoms with van der Waals surface area (Å²) in [6, 6.07) is 7.61. The van der Waals surface area contributed by atoms with Gasteiger partial charge in [0, 0.05) is 37.4 Å². The number of nitrogens with zero attached hydrogens (tertiary/aromatic N) is 2. The standard InChI is InChI=1S/C17H23BrN2O3/c1-17(2,3)23-16(22)20-10-8-19(9-11-20)14-6-4-13(5-7-14)15(21)12-18/h4-7H,8-12H2,1-3H3. The molecule has 1 aromatic rings. The minimum atomic E-state index is -0.466. The van der Waals surface area contributed by atoms with Crippen LogP contribution in [0, 0.1) is 0 Å². The van der Waals surface area contributed by atoms with Crippen molar-refractivity contribution in [2.45, 2.75) is 26.4 Å². The van der Waals surface area contributed by atoms with Crippen LogP contribution in [-0.4, -0.2) is 53.9 Å². The van der Waals surface area contributed by atoms with E-state index in [1.54, 1.807) is 4.90 Å². The number of alkyl halides is 1. The van der Waals surface area contributed by atoms with Gasteiger partial charge in [-0.05, 0) is 45.0 Å². The number of halogens is 1. The Morgan fingerprint density at radius 2 is 1.65 bits per heavy atom. The highest BCUT2D eigenvalue weighted by molar-refractivity contribution is 9.09. The van der Waals surface area contributed by atoms with E-state index in [1.165, 1.54) is 0 Å². The maximum Gasteiger partial charge on any atom is 0.410 e. The molecule has 1 fully saturated rings. The first-order valence-electron chi connectivity index (χ1n) is 7.72. The number of Topliss-reactive ketones (excluding diaryl/α,β-unsaturated/α-hetero) is 1. The van der Waals surface area contributed by atoms with Crippen molar-refractivity contribution in [3.8, 4) is 0 Å². The number of carbonyl (C=O) groups is 2. The van der Waals surface area contributed by atoms with Gasteiger partial charge in [-0.2, -0.15) is 0 Å². The van der Waals surface area contributed by atoms with Gasteiger partial charge in [-0.15, -0.1) is 0 Å². The van der Waals surface area contributed by atoms with Gasteiger partial charge >= 0.3 is 6.09 Å². The summed E-state index contributed by atoms with van der Waals surface area (Å²) in [7, 11) is 0. The van der Waals surface area contributed by atoms with E-state index in [4.69, 9.17) is 4.74 Å². The fraction of sp³-hybridized carbons (Fsp3) is 0.529. The number of rotatable bonds is 3. The molecule has 1 aromatic carbocycles. The number of benzene rings is 1. The molecule has 0 bridgehead atoms. The first kappa shape index (κ1) is 17.8. The van der Waals surface area contributed by atoms with E-state index in [9.17, 15) is 9.59 Å². The van der Waals surface area contributed by atoms with Crippen LogP contribution in [0.2, 0.25) is 0 Å². The lowest BCUT2D eigenvalue weighted by atomic mass is 10.1. The highest BCUT2D eigenvalue weighted by Gasteiger charge is 2.25. The van der Waals surface area contributed by atoms with Crippen molar-refractivity contribution in [3.05, 3.63) is 29.8 Å². The topological polar surface area (TPSA) is 49.9 Å². The molecule has 2 rings (SSSR count). The van der Waals surface area contributed by atoms with Crippen LogP contribution in [0.4, 0.5) is 10.5 Å². The number of anilines is 1. The second kappa shape index (κ2) is 7.34. The molecule has 1 aliphatic heterocycles. The van der Waals surface area contributed by atoms with E-state index in [2.05, 4.69) is 20.8 Å². The number of ketones is 1. The average molecular weight is 383 g/mol. The SMILES string of the molecule is CC(C)(C)OC(=O)N1CCN(c2ccc(C(=O)CBr)cc2)CC1. The minimum absolute atomic E-state index is 0.0753. The number of ether oxygens (including phenoxy) is 1. The lowest BCUT2D eigenvalue weighted by Gasteiger charge is -2.36. The van der Waals surface area contributed by atoms with Gasteiger partial charge < -0.3 is 14.5 Å². The zero-order valence-corrected chi connectivity index (χ0v) is 15.4. The molecule has 1 amide bonds. The maximum absolute atomic E-state index is 12.1. The molecule has 0 radical (unpaired) electrons. The third kappa shape index (κ3) is 4.96. The Bertz CT molecular complexity index is 558. The lowest BCUT2D eigenvalue weighted by Crippen LogP contribution is -2.50. The van der Waals surface area contributed by atoms with Crippen LogP contribution >= 0.6 is 15.9 Å². The molecule has 6 heteroatoms. The predicted molar refractivity (Wildman–Crippen MR) is 94.6 cm³/mol. The Morgan fingerprint density at radius 1 is 1.09 bits per heavy atom. The predicted octanol–water partition coefficient (Wildman–Crippen LogP) is 3.32. The second-order valence-electron chi connectivity index (χ2n) is 6.56. The normalized spacial score (nSPS) is 15.5. The van der Waals surface area contributed by atoms with Gasteiger partial charge in [0.05, 0.1) is 5.33 Å². The van der Waals surface area contributed by atoms with Crippen LogP contribution in [0.1, 0.15) is 31.1 Å². The summed E-state index contributed by atoms with van der Waals surface area (Å²) >= 11 is 3.18. The van der Waals surface area contributed by atoms with Crippen LogP contribution < -0.4 is 4.90 Å². The number of carbonyl (C=O) groups excluding carboxylic acids is 2. The molecule has 0 spiro atoms. The van der Waals surface area contributed by atoms with Crippen molar-refractivity contribution >= 4 is 33.5 Å². The summed E-state index contributed by atoms with van der Waals surface area (Å²) in [6.45, 7) is 8.40. The van der Waals surface area contributed by atoms with Crippen LogP contribution in [0.3, 0.4) is 0 Å². The summed E-state index contributed by atoms with van der Waals surface area (Å²) < 4.78 is 5.40. The maximum atomic E-state index is 12.1. The summed E-state index contributed by atoms with van der Waals surface area (Å²) in [5.41, 5.74) is 1.31. The Hall–Kier alpha value is -1.56. The van der Waals surface area contributed by atoms with Crippen LogP contribution in [0.25, 0.3) is 0 Å². The molecule has 0 atom stereocenters. The Kier molecular flexibility index (Phi) is 5.68. The van der Waals surface area contributed by atoms with Crippen molar-refractivity contribution in [1.29, 1.82) is 0 Å². The van der Waals surface area contributed by atoms with Crippen LogP contribution in [-0.2, 0) is 4.74 Å². The van der Waals surface area contributed by atoms with Gasteiger partial charge in [0.15, 0.2) is 5.78 Å². The monoisotopic (exact) mass is 382 g/mol. The zero-order chi connectivity index (χ0) is 17.0. The molecule has 1 saturated heterocycles. The molecule has 0 aromatic heterocycles. The average Bonchev–Trinajstić information content (AvgIpc) is 2.53. The molecular weight excluding hydrogens is 360 g/mol. The third-order valence-corrected chi connectivity index (χ3v) is 4.12. The smallest absolute Gasteiger partial charge is 0.410 e. The van der Waals surface area contributed by atoms with E-state index in [0.29, 0.717) is 24.0 Å². The van der Waals surface area contributed by atoms with Crippen molar-refractivity contribution < 1.29 is 14.3 Å². The number of hydrogen-bond acceptors (Lipinski definition) is 4. The van der Waals surface area contributed by atoms with Crippen molar-refractivity contribution in [2.75, 3.05) is 36.4 Å². The van der Waals surface area contributed by atoms with Gasteiger partial charge in [0.1, 0.15) is 5.60 Å². The van der Waals surface area contributed by atoms with Crippen molar-refractivity contribution in [3.63, 3.8) is 0 Å². The molecule has 5 nitrogen and oxygen atoms in total. The van der Waals surface area contributed by atoms with E-state index in [1.807, 2.05) is 45.0 Å². The largest absolute Gasteiger partial charge is 0.444 e. The van der Waals surface area contributed by atoms with Gasteiger partial charge in [0.2, 0.25) is 0 Å². The number of hydrogen-bond donors (Lipinski definition) is 0. The minimum Gasteiger partial charge on any atom is -0.444 e. The van der Waals surface area contributed by atoms with Gasteiger partial charge in [-0.1, -0.05) is 15.9 Å². The highest BCUT2D eigenvalue weighted by atomic mass is 79.9. The fourth-order valence-corrected chi connectivity index (χ4v) is 2.73. The molecule has 0 unspecified atom stereocenters. The number of amides is 1. The van der Waals surface area contributed by atoms with Gasteiger partial charge in [0.25, 0.3) is 0 Å². The van der Waals surface area contributed by atoms with Gasteiger partial charge in [-0.25, -0.2) is 4.79 Å². The molecular formula is C17H23BrN2O3. The Balaban J connectivity index is 1.91. The quantitative estimate of drug-likeness (QED) is 0.594. The van der Waals surface area contributed by atoms with E-state index in [-0.39, 0.29) is 11.9 Å². The first-order chi connectivity index (χ1) is 10.8. The summed E-state index contributed by atoms with van der Waals surface area (Å²) in [4.78, 5) is 27.6. The molecule has 1 heterocycles. The molecule has 0 saturated carbocycles. The highest BCUT2D eigenvalue weighted by Crippen LogP contribution is 2.19. The molecule has 0 aliphatic carbocycles. The molecule has 1 aliphatic rings. The summed E-state index contributed by atoms with van der Waals surface area (Å²) in [6.07, 6.45) is -0.254. The molecule has 126 valence electrons. The molecule has 23 heavy (non-hydrogen) atoms. The molecule has 0 N–H and O–H groups in total. The second-order valence-corrected chi connectivity index (χ2v) is 7.12. The lowest BCUT2D eigenvalue weighted by molar-refractivity contribution is 0.0240. The zero-order valence-electron chi connectivity index (χ0n) is 13.8. The van der Waals surface area contributed by atoms with Crippen LogP contribution in [0.5, 0.6) is 0 Å². The van der Waals surface area contributed by atoms with E-state index < -0.39 is 5.60 Å². The number of piperazine rings is 1. The third-order valence-electron chi connectivity index (χ3n) is 3.61. The summed E-state index contributed by atoms with van der Waals surface area (Å²) in [5.74, 6) is 0.0753. The first-order valence-corrected chi connectivity index (χ1v) is 8.84. The van der Waals surface area contributed by atoms with Gasteiger partial charge in [-0.3, -0.25) is 4.79 Å². The fourth-order valence-electron chi connectivity index (χ4n) is 2.41. The summed E-state index contributed by atoms with van der Waals surface area (Å²) in [5, 5.41) is 0.334. The van der Waals surface area contributed by atoms with E-state index >= 15 is 0 Å². The Labute approximate surface area is 145 Å². The van der Waals surface area contributed by atoms with Crippen molar-refractivity contribution in [2.24, 2.45) is 0 Å². The Morgan fingerprint density at radius 3 is 2.13 bits per heavy atom.